The van der Waals surface area contributed by atoms with Crippen molar-refractivity contribution in [2.75, 3.05) is 11.1 Å². The third-order valence-electron chi connectivity index (χ3n) is 3.18. The molecule has 6 nitrogen and oxygen atoms in total. The fourth-order valence-corrected chi connectivity index (χ4v) is 2.18. The minimum Gasteiger partial charge on any atom is -0.383 e. The number of H-pyrrole nitrogens is 1. The Hall–Kier alpha value is -3.15. The van der Waals surface area contributed by atoms with Crippen LogP contribution in [-0.4, -0.2) is 20.9 Å². The summed E-state index contributed by atoms with van der Waals surface area (Å²) in [7, 11) is 0. The van der Waals surface area contributed by atoms with E-state index in [1.807, 2.05) is 36.4 Å². The van der Waals surface area contributed by atoms with Crippen molar-refractivity contribution in [3.63, 3.8) is 0 Å². The maximum atomic E-state index is 11.0. The standard InChI is InChI=1S/C16H15N5O/c1-10(22)20-12-4-2-11(3-5-12)14-7-6-13(15(17)21-14)16-18-8-9-19-16/h2-9H,1H3,(H2,17,21)(H,18,19)(H,20,22). The minimum absolute atomic E-state index is 0.0991. The number of nitrogens with two attached hydrogens (primary N) is 1. The molecule has 22 heavy (non-hydrogen) atoms. The van der Waals surface area contributed by atoms with Crippen molar-refractivity contribution in [2.45, 2.75) is 6.92 Å². The molecule has 0 atom stereocenters. The van der Waals surface area contributed by atoms with Crippen LogP contribution >= 0.6 is 0 Å². The molecule has 1 amide bonds. The Kier molecular flexibility index (Phi) is 3.57. The number of nitrogens with zero attached hydrogens (tertiary/aromatic N) is 2. The first-order valence-electron chi connectivity index (χ1n) is 6.78. The molecule has 2 aromatic heterocycles. The molecule has 6 heteroatoms. The molecule has 0 fully saturated rings. The molecule has 4 N–H and O–H groups in total. The second-order valence-corrected chi connectivity index (χ2v) is 4.83. The number of imidazole rings is 1. The fourth-order valence-electron chi connectivity index (χ4n) is 2.18. The number of benzene rings is 1. The van der Waals surface area contributed by atoms with E-state index in [4.69, 9.17) is 5.73 Å². The highest BCUT2D eigenvalue weighted by Crippen LogP contribution is 2.26. The maximum Gasteiger partial charge on any atom is 0.221 e. The summed E-state index contributed by atoms with van der Waals surface area (Å²) in [6.07, 6.45) is 3.41. The molecule has 0 aliphatic heterocycles. The highest BCUT2D eigenvalue weighted by Gasteiger charge is 2.08. The van der Waals surface area contributed by atoms with Crippen LogP contribution in [0.25, 0.3) is 22.6 Å². The molecular formula is C16H15N5O. The van der Waals surface area contributed by atoms with Gasteiger partial charge in [-0.3, -0.25) is 4.79 Å². The third kappa shape index (κ3) is 2.80. The first-order chi connectivity index (χ1) is 10.6. The Morgan fingerprint density at radius 2 is 1.95 bits per heavy atom. The average Bonchev–Trinajstić information content (AvgIpc) is 3.01. The number of aromatic amines is 1. The third-order valence-corrected chi connectivity index (χ3v) is 3.18. The summed E-state index contributed by atoms with van der Waals surface area (Å²) in [5.41, 5.74) is 9.22. The Bertz CT molecular complexity index is 794. The molecule has 0 saturated heterocycles. The molecule has 1 aromatic carbocycles. The van der Waals surface area contributed by atoms with Gasteiger partial charge in [-0.1, -0.05) is 12.1 Å². The number of anilines is 2. The Morgan fingerprint density at radius 3 is 2.55 bits per heavy atom. The van der Waals surface area contributed by atoms with Gasteiger partial charge in [-0.05, 0) is 24.3 Å². The number of pyridine rings is 1. The molecule has 3 rings (SSSR count). The molecule has 2 heterocycles. The van der Waals surface area contributed by atoms with Crippen molar-refractivity contribution in [1.29, 1.82) is 0 Å². The van der Waals surface area contributed by atoms with Crippen LogP contribution in [0.5, 0.6) is 0 Å². The van der Waals surface area contributed by atoms with E-state index < -0.39 is 0 Å². The van der Waals surface area contributed by atoms with Gasteiger partial charge in [0.05, 0.1) is 11.3 Å². The first-order valence-corrected chi connectivity index (χ1v) is 6.78. The lowest BCUT2D eigenvalue weighted by Crippen LogP contribution is -2.05. The molecule has 0 saturated carbocycles. The van der Waals surface area contributed by atoms with Crippen molar-refractivity contribution in [3.8, 4) is 22.6 Å². The van der Waals surface area contributed by atoms with E-state index >= 15 is 0 Å². The molecule has 0 aliphatic rings. The topological polar surface area (TPSA) is 96.7 Å². The van der Waals surface area contributed by atoms with E-state index in [2.05, 4.69) is 20.3 Å². The van der Waals surface area contributed by atoms with Gasteiger partial charge in [0, 0.05) is 30.6 Å². The number of carbonyl (C=O) groups excluding carboxylic acids is 1. The lowest BCUT2D eigenvalue weighted by molar-refractivity contribution is -0.114. The monoisotopic (exact) mass is 293 g/mol. The first kappa shape index (κ1) is 13.8. The summed E-state index contributed by atoms with van der Waals surface area (Å²) >= 11 is 0. The number of hydrogen-bond donors (Lipinski definition) is 3. The van der Waals surface area contributed by atoms with Crippen LogP contribution in [0.2, 0.25) is 0 Å². The maximum absolute atomic E-state index is 11.0. The number of rotatable bonds is 3. The van der Waals surface area contributed by atoms with Crippen LogP contribution in [0, 0.1) is 0 Å². The normalized spacial score (nSPS) is 10.4. The van der Waals surface area contributed by atoms with Gasteiger partial charge in [0.25, 0.3) is 0 Å². The average molecular weight is 293 g/mol. The van der Waals surface area contributed by atoms with Crippen LogP contribution in [-0.2, 0) is 4.79 Å². The zero-order valence-electron chi connectivity index (χ0n) is 12.0. The SMILES string of the molecule is CC(=O)Nc1ccc(-c2ccc(-c3ncc[nH]3)c(N)n2)cc1. The lowest BCUT2D eigenvalue weighted by Gasteiger charge is -2.07. The summed E-state index contributed by atoms with van der Waals surface area (Å²) in [5, 5.41) is 2.73. The van der Waals surface area contributed by atoms with E-state index in [1.54, 1.807) is 12.4 Å². The van der Waals surface area contributed by atoms with E-state index in [9.17, 15) is 4.79 Å². The Morgan fingerprint density at radius 1 is 1.18 bits per heavy atom. The molecule has 110 valence electrons. The van der Waals surface area contributed by atoms with E-state index in [-0.39, 0.29) is 5.91 Å². The van der Waals surface area contributed by atoms with E-state index in [1.165, 1.54) is 6.92 Å². The highest BCUT2D eigenvalue weighted by atomic mass is 16.1. The van der Waals surface area contributed by atoms with E-state index in [0.717, 1.165) is 22.5 Å². The molecular weight excluding hydrogens is 278 g/mol. The zero-order valence-corrected chi connectivity index (χ0v) is 12.0. The lowest BCUT2D eigenvalue weighted by atomic mass is 10.1. The second-order valence-electron chi connectivity index (χ2n) is 4.83. The number of nitrogens with one attached hydrogen (secondary N) is 2. The van der Waals surface area contributed by atoms with Gasteiger partial charge in [-0.25, -0.2) is 9.97 Å². The molecule has 0 unspecified atom stereocenters. The van der Waals surface area contributed by atoms with Crippen LogP contribution in [0.3, 0.4) is 0 Å². The van der Waals surface area contributed by atoms with Gasteiger partial charge in [-0.15, -0.1) is 0 Å². The van der Waals surface area contributed by atoms with Crippen molar-refractivity contribution >= 4 is 17.4 Å². The van der Waals surface area contributed by atoms with Crippen molar-refractivity contribution in [2.24, 2.45) is 0 Å². The second kappa shape index (κ2) is 5.69. The highest BCUT2D eigenvalue weighted by molar-refractivity contribution is 5.89. The largest absolute Gasteiger partial charge is 0.383 e. The van der Waals surface area contributed by atoms with E-state index in [0.29, 0.717) is 11.6 Å². The van der Waals surface area contributed by atoms with Crippen LogP contribution in [0.15, 0.2) is 48.8 Å². The molecule has 0 spiro atoms. The summed E-state index contributed by atoms with van der Waals surface area (Å²) in [6, 6.07) is 11.2. The number of hydrogen-bond acceptors (Lipinski definition) is 4. The summed E-state index contributed by atoms with van der Waals surface area (Å²) in [6.45, 7) is 1.48. The quantitative estimate of drug-likeness (QED) is 0.691. The Balaban J connectivity index is 1.89. The van der Waals surface area contributed by atoms with Gasteiger partial charge >= 0.3 is 0 Å². The number of carbonyl (C=O) groups is 1. The van der Waals surface area contributed by atoms with Gasteiger partial charge in [0.1, 0.15) is 11.6 Å². The summed E-state index contributed by atoms with van der Waals surface area (Å²) < 4.78 is 0. The van der Waals surface area contributed by atoms with Gasteiger partial charge in [0.15, 0.2) is 0 Å². The summed E-state index contributed by atoms with van der Waals surface area (Å²) in [5.74, 6) is 1.01. The predicted molar refractivity (Wildman–Crippen MR) is 86.0 cm³/mol. The molecule has 3 aromatic rings. The van der Waals surface area contributed by atoms with Gasteiger partial charge < -0.3 is 16.0 Å². The summed E-state index contributed by atoms with van der Waals surface area (Å²) in [4.78, 5) is 22.6. The van der Waals surface area contributed by atoms with Crippen molar-refractivity contribution in [3.05, 3.63) is 48.8 Å². The molecule has 0 bridgehead atoms. The van der Waals surface area contributed by atoms with Gasteiger partial charge in [0.2, 0.25) is 5.91 Å². The van der Waals surface area contributed by atoms with Crippen LogP contribution in [0.4, 0.5) is 11.5 Å². The van der Waals surface area contributed by atoms with Crippen LogP contribution < -0.4 is 11.1 Å². The Labute approximate surface area is 127 Å². The fraction of sp³-hybridized carbons (Fsp3) is 0.0625. The minimum atomic E-state index is -0.0991. The smallest absolute Gasteiger partial charge is 0.221 e. The van der Waals surface area contributed by atoms with Crippen molar-refractivity contribution in [1.82, 2.24) is 15.0 Å². The number of amides is 1. The number of nitrogen functional groups attached to an aromatic ring is 1. The van der Waals surface area contributed by atoms with Crippen molar-refractivity contribution < 1.29 is 4.79 Å². The van der Waals surface area contributed by atoms with Crippen LogP contribution in [0.1, 0.15) is 6.92 Å². The predicted octanol–water partition coefficient (Wildman–Crippen LogP) is 2.68. The van der Waals surface area contributed by atoms with Gasteiger partial charge in [-0.2, -0.15) is 0 Å². The zero-order chi connectivity index (χ0) is 15.5. The number of aromatic nitrogens is 3. The molecule has 0 radical (unpaired) electrons. The molecule has 0 aliphatic carbocycles.